The van der Waals surface area contributed by atoms with Crippen LogP contribution >= 0.6 is 0 Å². The molecule has 12 heavy (non-hydrogen) atoms. The van der Waals surface area contributed by atoms with Crippen molar-refractivity contribution in [3.05, 3.63) is 48.2 Å². The SMILES string of the molecule is Fc1ccccc1C1OC=CO1. The van der Waals surface area contributed by atoms with Crippen LogP contribution in [0.25, 0.3) is 0 Å². The topological polar surface area (TPSA) is 18.5 Å². The Kier molecular flexibility index (Phi) is 1.70. The van der Waals surface area contributed by atoms with Gasteiger partial charge >= 0.3 is 0 Å². The van der Waals surface area contributed by atoms with Crippen molar-refractivity contribution in [2.24, 2.45) is 0 Å². The monoisotopic (exact) mass is 166 g/mol. The molecule has 0 unspecified atom stereocenters. The summed E-state index contributed by atoms with van der Waals surface area (Å²) in [4.78, 5) is 0. The van der Waals surface area contributed by atoms with Crippen molar-refractivity contribution in [3.63, 3.8) is 0 Å². The summed E-state index contributed by atoms with van der Waals surface area (Å²) >= 11 is 0. The zero-order valence-electron chi connectivity index (χ0n) is 6.24. The highest BCUT2D eigenvalue weighted by atomic mass is 19.1. The first-order valence-corrected chi connectivity index (χ1v) is 3.58. The number of halogens is 1. The second-order valence-corrected chi connectivity index (χ2v) is 2.40. The van der Waals surface area contributed by atoms with Crippen LogP contribution < -0.4 is 0 Å². The van der Waals surface area contributed by atoms with Gasteiger partial charge in [0.15, 0.2) is 0 Å². The van der Waals surface area contributed by atoms with E-state index in [9.17, 15) is 4.39 Å². The van der Waals surface area contributed by atoms with Crippen LogP contribution in [-0.2, 0) is 9.47 Å². The van der Waals surface area contributed by atoms with Crippen LogP contribution in [0.3, 0.4) is 0 Å². The summed E-state index contributed by atoms with van der Waals surface area (Å²) in [6.07, 6.45) is 2.18. The number of hydrogen-bond donors (Lipinski definition) is 0. The molecule has 3 heteroatoms. The summed E-state index contributed by atoms with van der Waals surface area (Å²) in [5.74, 6) is -0.314. The van der Waals surface area contributed by atoms with Crippen LogP contribution in [0.5, 0.6) is 0 Å². The van der Waals surface area contributed by atoms with Gasteiger partial charge in [-0.2, -0.15) is 0 Å². The Morgan fingerprint density at radius 1 is 1.08 bits per heavy atom. The minimum Gasteiger partial charge on any atom is -0.455 e. The first-order chi connectivity index (χ1) is 5.88. The molecule has 1 aliphatic heterocycles. The van der Waals surface area contributed by atoms with Crippen LogP contribution in [0.4, 0.5) is 4.39 Å². The van der Waals surface area contributed by atoms with E-state index in [1.54, 1.807) is 18.2 Å². The van der Waals surface area contributed by atoms with Crippen LogP contribution in [0.2, 0.25) is 0 Å². The molecule has 1 aromatic rings. The number of ether oxygens (including phenoxy) is 2. The predicted octanol–water partition coefficient (Wildman–Crippen LogP) is 2.34. The van der Waals surface area contributed by atoms with Crippen molar-refractivity contribution < 1.29 is 13.9 Å². The molecule has 1 heterocycles. The molecule has 2 rings (SSSR count). The Morgan fingerprint density at radius 2 is 1.75 bits per heavy atom. The van der Waals surface area contributed by atoms with Crippen LogP contribution in [-0.4, -0.2) is 0 Å². The van der Waals surface area contributed by atoms with Crippen molar-refractivity contribution in [3.8, 4) is 0 Å². The average Bonchev–Trinajstić information content (AvgIpc) is 2.57. The lowest BCUT2D eigenvalue weighted by molar-refractivity contribution is -0.0271. The van der Waals surface area contributed by atoms with Crippen molar-refractivity contribution in [2.75, 3.05) is 0 Å². The summed E-state index contributed by atoms with van der Waals surface area (Å²) in [5.41, 5.74) is 0.419. The molecule has 0 saturated heterocycles. The molecule has 1 aromatic carbocycles. The third-order valence-corrected chi connectivity index (χ3v) is 1.62. The van der Waals surface area contributed by atoms with E-state index >= 15 is 0 Å². The Labute approximate surface area is 69.2 Å². The summed E-state index contributed by atoms with van der Waals surface area (Å²) in [6, 6.07) is 6.37. The zero-order valence-corrected chi connectivity index (χ0v) is 6.24. The number of benzene rings is 1. The molecule has 0 aromatic heterocycles. The maximum Gasteiger partial charge on any atom is 0.269 e. The minimum absolute atomic E-state index is 0.314. The van der Waals surface area contributed by atoms with Gasteiger partial charge in [0.25, 0.3) is 6.29 Å². The molecule has 0 atom stereocenters. The van der Waals surface area contributed by atoms with Crippen molar-refractivity contribution in [1.82, 2.24) is 0 Å². The lowest BCUT2D eigenvalue weighted by Crippen LogP contribution is -2.00. The maximum absolute atomic E-state index is 13.1. The highest BCUT2D eigenvalue weighted by Gasteiger charge is 2.18. The van der Waals surface area contributed by atoms with E-state index in [0.29, 0.717) is 5.56 Å². The fourth-order valence-electron chi connectivity index (χ4n) is 1.05. The second kappa shape index (κ2) is 2.85. The Morgan fingerprint density at radius 3 is 2.42 bits per heavy atom. The van der Waals surface area contributed by atoms with E-state index in [2.05, 4.69) is 0 Å². The lowest BCUT2D eigenvalue weighted by atomic mass is 10.2. The first kappa shape index (κ1) is 7.16. The Bertz CT molecular complexity index is 301. The van der Waals surface area contributed by atoms with Crippen LogP contribution in [0.1, 0.15) is 11.9 Å². The van der Waals surface area contributed by atoms with Gasteiger partial charge in [0.05, 0.1) is 5.56 Å². The third kappa shape index (κ3) is 1.13. The molecular weight excluding hydrogens is 159 g/mol. The molecule has 62 valence electrons. The fraction of sp³-hybridized carbons (Fsp3) is 0.111. The van der Waals surface area contributed by atoms with Crippen molar-refractivity contribution >= 4 is 0 Å². The highest BCUT2D eigenvalue weighted by molar-refractivity contribution is 5.19. The first-order valence-electron chi connectivity index (χ1n) is 3.58. The Balaban J connectivity index is 2.27. The Hall–Kier alpha value is -1.51. The molecule has 0 amide bonds. The summed E-state index contributed by atoms with van der Waals surface area (Å²) in [5, 5.41) is 0. The molecule has 0 aliphatic carbocycles. The van der Waals surface area contributed by atoms with E-state index in [-0.39, 0.29) is 5.82 Å². The van der Waals surface area contributed by atoms with E-state index in [1.165, 1.54) is 18.6 Å². The van der Waals surface area contributed by atoms with Crippen molar-refractivity contribution in [1.29, 1.82) is 0 Å². The molecular formula is C9H7FO2. The average molecular weight is 166 g/mol. The van der Waals surface area contributed by atoms with Gasteiger partial charge in [0, 0.05) is 0 Å². The minimum atomic E-state index is -0.619. The van der Waals surface area contributed by atoms with Gasteiger partial charge in [-0.15, -0.1) is 0 Å². The van der Waals surface area contributed by atoms with Gasteiger partial charge in [0.1, 0.15) is 18.3 Å². The maximum atomic E-state index is 13.1. The van der Waals surface area contributed by atoms with Gasteiger partial charge in [-0.3, -0.25) is 0 Å². The summed E-state index contributed by atoms with van der Waals surface area (Å²) < 4.78 is 23.0. The molecule has 0 fully saturated rings. The van der Waals surface area contributed by atoms with E-state index < -0.39 is 6.29 Å². The molecule has 0 N–H and O–H groups in total. The number of rotatable bonds is 1. The highest BCUT2D eigenvalue weighted by Crippen LogP contribution is 2.25. The summed E-state index contributed by atoms with van der Waals surface area (Å²) in [6.45, 7) is 0. The fourth-order valence-corrected chi connectivity index (χ4v) is 1.05. The predicted molar refractivity (Wildman–Crippen MR) is 40.5 cm³/mol. The summed E-state index contributed by atoms with van der Waals surface area (Å²) in [7, 11) is 0. The molecule has 1 aliphatic rings. The second-order valence-electron chi connectivity index (χ2n) is 2.40. The quantitative estimate of drug-likeness (QED) is 0.637. The number of hydrogen-bond acceptors (Lipinski definition) is 2. The lowest BCUT2D eigenvalue weighted by Gasteiger charge is -2.10. The van der Waals surface area contributed by atoms with Gasteiger partial charge in [-0.25, -0.2) is 4.39 Å². The van der Waals surface area contributed by atoms with Gasteiger partial charge < -0.3 is 9.47 Å². The molecule has 2 nitrogen and oxygen atoms in total. The van der Waals surface area contributed by atoms with E-state index in [1.807, 2.05) is 0 Å². The van der Waals surface area contributed by atoms with E-state index in [4.69, 9.17) is 9.47 Å². The van der Waals surface area contributed by atoms with Gasteiger partial charge in [-0.05, 0) is 12.1 Å². The molecule has 0 bridgehead atoms. The van der Waals surface area contributed by atoms with Gasteiger partial charge in [0.2, 0.25) is 0 Å². The van der Waals surface area contributed by atoms with E-state index in [0.717, 1.165) is 0 Å². The zero-order chi connectivity index (χ0) is 8.39. The smallest absolute Gasteiger partial charge is 0.269 e. The van der Waals surface area contributed by atoms with Crippen LogP contribution in [0, 0.1) is 5.82 Å². The van der Waals surface area contributed by atoms with Gasteiger partial charge in [-0.1, -0.05) is 12.1 Å². The third-order valence-electron chi connectivity index (χ3n) is 1.62. The standard InChI is InChI=1S/C9H7FO2/c10-8-4-2-1-3-7(8)9-11-5-6-12-9/h1-6,9H. The molecule has 0 saturated carbocycles. The largest absolute Gasteiger partial charge is 0.455 e. The molecule has 0 spiro atoms. The van der Waals surface area contributed by atoms with Crippen molar-refractivity contribution in [2.45, 2.75) is 6.29 Å². The normalized spacial score (nSPS) is 15.8. The molecule has 0 radical (unpaired) electrons. The van der Waals surface area contributed by atoms with Crippen LogP contribution in [0.15, 0.2) is 36.8 Å².